The quantitative estimate of drug-likeness (QED) is 0.911. The topological polar surface area (TPSA) is 29.1 Å². The van der Waals surface area contributed by atoms with Crippen molar-refractivity contribution >= 4 is 5.78 Å². The van der Waals surface area contributed by atoms with E-state index in [0.717, 1.165) is 18.5 Å². The zero-order chi connectivity index (χ0) is 14.6. The first kappa shape index (κ1) is 15.2. The van der Waals surface area contributed by atoms with E-state index in [1.54, 1.807) is 0 Å². The molecule has 110 valence electrons. The van der Waals surface area contributed by atoms with Crippen molar-refractivity contribution in [2.45, 2.75) is 64.3 Å². The second-order valence-corrected chi connectivity index (χ2v) is 6.95. The molecule has 2 heteroatoms. The lowest BCUT2D eigenvalue weighted by Crippen LogP contribution is -2.36. The molecule has 1 unspecified atom stereocenters. The molecule has 0 aromatic heterocycles. The number of carbonyl (C=O) groups excluding carboxylic acids is 1. The monoisotopic (exact) mass is 273 g/mol. The lowest BCUT2D eigenvalue weighted by Gasteiger charge is -2.19. The Morgan fingerprint density at radius 1 is 1.15 bits per heavy atom. The van der Waals surface area contributed by atoms with Gasteiger partial charge in [0.1, 0.15) is 0 Å². The van der Waals surface area contributed by atoms with E-state index in [1.807, 2.05) is 0 Å². The first-order valence-corrected chi connectivity index (χ1v) is 7.82. The molecular weight excluding hydrogens is 246 g/mol. The minimum atomic E-state index is 0.0693. The molecule has 1 fully saturated rings. The van der Waals surface area contributed by atoms with Crippen molar-refractivity contribution in [3.05, 3.63) is 35.4 Å². The first-order valence-electron chi connectivity index (χ1n) is 7.82. The smallest absolute Gasteiger partial charge is 0.154 e. The molecule has 1 aromatic rings. The highest BCUT2D eigenvalue weighted by Crippen LogP contribution is 2.22. The Labute approximate surface area is 123 Å². The van der Waals surface area contributed by atoms with Crippen LogP contribution in [0.3, 0.4) is 0 Å². The van der Waals surface area contributed by atoms with Crippen LogP contribution in [-0.4, -0.2) is 18.4 Å². The van der Waals surface area contributed by atoms with Crippen molar-refractivity contribution < 1.29 is 4.79 Å². The summed E-state index contributed by atoms with van der Waals surface area (Å²) < 4.78 is 0. The molecule has 20 heavy (non-hydrogen) atoms. The molecule has 1 aliphatic heterocycles. The minimum Gasteiger partial charge on any atom is -0.307 e. The second-order valence-electron chi connectivity index (χ2n) is 6.95. The SMILES string of the molecule is CC(C)(C)c1ccc(CC(=O)C2CCCCCN2)cc1. The molecule has 0 radical (unpaired) electrons. The van der Waals surface area contributed by atoms with Crippen molar-refractivity contribution in [1.82, 2.24) is 5.32 Å². The largest absolute Gasteiger partial charge is 0.307 e. The van der Waals surface area contributed by atoms with E-state index in [9.17, 15) is 4.79 Å². The van der Waals surface area contributed by atoms with Gasteiger partial charge in [-0.3, -0.25) is 4.79 Å². The summed E-state index contributed by atoms with van der Waals surface area (Å²) in [7, 11) is 0. The average molecular weight is 273 g/mol. The van der Waals surface area contributed by atoms with Crippen LogP contribution >= 0.6 is 0 Å². The third kappa shape index (κ3) is 4.17. The summed E-state index contributed by atoms with van der Waals surface area (Å²) in [4.78, 5) is 12.3. The number of hydrogen-bond donors (Lipinski definition) is 1. The first-order chi connectivity index (χ1) is 9.47. The average Bonchev–Trinajstić information content (AvgIpc) is 2.67. The standard InChI is InChI=1S/C18H27NO/c1-18(2,3)15-10-8-14(9-11-15)13-17(20)16-7-5-4-6-12-19-16/h8-11,16,19H,4-7,12-13H2,1-3H3. The molecule has 1 saturated heterocycles. The van der Waals surface area contributed by atoms with Gasteiger partial charge in [-0.05, 0) is 35.9 Å². The van der Waals surface area contributed by atoms with E-state index in [1.165, 1.54) is 24.8 Å². The van der Waals surface area contributed by atoms with Crippen molar-refractivity contribution in [3.63, 3.8) is 0 Å². The van der Waals surface area contributed by atoms with Gasteiger partial charge in [-0.15, -0.1) is 0 Å². The lowest BCUT2D eigenvalue weighted by atomic mass is 9.86. The number of Topliss-reactive ketones (excluding diaryl/α,β-unsaturated/α-hetero) is 1. The molecule has 2 nitrogen and oxygen atoms in total. The fourth-order valence-corrected chi connectivity index (χ4v) is 2.75. The highest BCUT2D eigenvalue weighted by Gasteiger charge is 2.20. The molecule has 2 rings (SSSR count). The summed E-state index contributed by atoms with van der Waals surface area (Å²) in [5.74, 6) is 0.343. The summed E-state index contributed by atoms with van der Waals surface area (Å²) in [6, 6.07) is 8.59. The van der Waals surface area contributed by atoms with E-state index in [4.69, 9.17) is 0 Å². The highest BCUT2D eigenvalue weighted by atomic mass is 16.1. The number of carbonyl (C=O) groups is 1. The van der Waals surface area contributed by atoms with E-state index < -0.39 is 0 Å². The van der Waals surface area contributed by atoms with Gasteiger partial charge in [0.25, 0.3) is 0 Å². The third-order valence-corrected chi connectivity index (χ3v) is 4.15. The van der Waals surface area contributed by atoms with Crippen LogP contribution in [-0.2, 0) is 16.6 Å². The molecule has 0 saturated carbocycles. The highest BCUT2D eigenvalue weighted by molar-refractivity contribution is 5.86. The molecule has 0 spiro atoms. The van der Waals surface area contributed by atoms with Crippen molar-refractivity contribution in [3.8, 4) is 0 Å². The van der Waals surface area contributed by atoms with Crippen molar-refractivity contribution in [2.24, 2.45) is 0 Å². The molecule has 1 atom stereocenters. The number of rotatable bonds is 3. The summed E-state index contributed by atoms with van der Waals surface area (Å²) in [5, 5.41) is 3.39. The molecule has 1 heterocycles. The van der Waals surface area contributed by atoms with Crippen LogP contribution in [0.25, 0.3) is 0 Å². The van der Waals surface area contributed by atoms with Gasteiger partial charge in [0, 0.05) is 6.42 Å². The van der Waals surface area contributed by atoms with Crippen LogP contribution < -0.4 is 5.32 Å². The number of ketones is 1. The van der Waals surface area contributed by atoms with Crippen LogP contribution in [0.15, 0.2) is 24.3 Å². The Morgan fingerprint density at radius 2 is 1.85 bits per heavy atom. The molecule has 0 amide bonds. The zero-order valence-corrected chi connectivity index (χ0v) is 13.0. The maximum Gasteiger partial charge on any atom is 0.154 e. The second kappa shape index (κ2) is 6.53. The normalized spacial score (nSPS) is 20.4. The molecule has 1 aromatic carbocycles. The van der Waals surface area contributed by atoms with E-state index in [2.05, 4.69) is 50.4 Å². The fourth-order valence-electron chi connectivity index (χ4n) is 2.75. The Balaban J connectivity index is 1.97. The van der Waals surface area contributed by atoms with Crippen LogP contribution in [0.2, 0.25) is 0 Å². The predicted octanol–water partition coefficient (Wildman–Crippen LogP) is 3.63. The van der Waals surface area contributed by atoms with Crippen LogP contribution in [0.1, 0.15) is 57.6 Å². The van der Waals surface area contributed by atoms with Gasteiger partial charge in [-0.1, -0.05) is 57.9 Å². The fraction of sp³-hybridized carbons (Fsp3) is 0.611. The van der Waals surface area contributed by atoms with E-state index >= 15 is 0 Å². The molecule has 1 N–H and O–H groups in total. The van der Waals surface area contributed by atoms with Gasteiger partial charge >= 0.3 is 0 Å². The van der Waals surface area contributed by atoms with Crippen LogP contribution in [0.4, 0.5) is 0 Å². The molecule has 0 aliphatic carbocycles. The van der Waals surface area contributed by atoms with Gasteiger partial charge in [0.15, 0.2) is 5.78 Å². The van der Waals surface area contributed by atoms with Crippen LogP contribution in [0, 0.1) is 0 Å². The van der Waals surface area contributed by atoms with Gasteiger partial charge in [-0.25, -0.2) is 0 Å². The Morgan fingerprint density at radius 3 is 2.50 bits per heavy atom. The zero-order valence-electron chi connectivity index (χ0n) is 13.0. The Bertz CT molecular complexity index is 433. The maximum atomic E-state index is 12.3. The van der Waals surface area contributed by atoms with Crippen molar-refractivity contribution in [1.29, 1.82) is 0 Å². The van der Waals surface area contributed by atoms with Crippen molar-refractivity contribution in [2.75, 3.05) is 6.54 Å². The Kier molecular flexibility index (Phi) is 4.98. The maximum absolute atomic E-state index is 12.3. The number of benzene rings is 1. The minimum absolute atomic E-state index is 0.0693. The van der Waals surface area contributed by atoms with Crippen LogP contribution in [0.5, 0.6) is 0 Å². The third-order valence-electron chi connectivity index (χ3n) is 4.15. The van der Waals surface area contributed by atoms with Gasteiger partial charge < -0.3 is 5.32 Å². The van der Waals surface area contributed by atoms with Gasteiger partial charge in [0.2, 0.25) is 0 Å². The summed E-state index contributed by atoms with van der Waals surface area (Å²) >= 11 is 0. The van der Waals surface area contributed by atoms with E-state index in [-0.39, 0.29) is 11.5 Å². The summed E-state index contributed by atoms with van der Waals surface area (Å²) in [5.41, 5.74) is 2.63. The Hall–Kier alpha value is -1.15. The number of hydrogen-bond acceptors (Lipinski definition) is 2. The number of nitrogens with one attached hydrogen (secondary N) is 1. The van der Waals surface area contributed by atoms with E-state index in [0.29, 0.717) is 12.2 Å². The van der Waals surface area contributed by atoms with Gasteiger partial charge in [-0.2, -0.15) is 0 Å². The predicted molar refractivity (Wildman–Crippen MR) is 84.1 cm³/mol. The lowest BCUT2D eigenvalue weighted by molar-refractivity contribution is -0.120. The van der Waals surface area contributed by atoms with Gasteiger partial charge in [0.05, 0.1) is 6.04 Å². The summed E-state index contributed by atoms with van der Waals surface area (Å²) in [6.45, 7) is 7.62. The molecule has 0 bridgehead atoms. The molecular formula is C18H27NO. The summed E-state index contributed by atoms with van der Waals surface area (Å²) in [6.07, 6.45) is 5.18. The molecule has 1 aliphatic rings.